The summed E-state index contributed by atoms with van der Waals surface area (Å²) in [5.41, 5.74) is 19.7. The quantitative estimate of drug-likeness (QED) is 0.0460. The van der Waals surface area contributed by atoms with E-state index in [1.807, 2.05) is 170 Å². The number of anilines is 6. The lowest BCUT2D eigenvalue weighted by Gasteiger charge is -2.27. The Morgan fingerprint density at radius 1 is 0.311 bits per heavy atom. The van der Waals surface area contributed by atoms with Gasteiger partial charge < -0.3 is 46.9 Å². The molecule has 0 atom stereocenters. The van der Waals surface area contributed by atoms with Crippen LogP contribution in [-0.4, -0.2) is 156 Å². The van der Waals surface area contributed by atoms with Crippen LogP contribution in [0, 0.1) is 47.5 Å². The molecule has 9 N–H and O–H groups in total. The minimum Gasteiger partial charge on any atom is -0.393 e. The molecule has 0 amide bonds. The summed E-state index contributed by atoms with van der Waals surface area (Å²) < 4.78 is 14.5. The van der Waals surface area contributed by atoms with Gasteiger partial charge in [-0.15, -0.1) is 70.8 Å². The van der Waals surface area contributed by atoms with Crippen molar-refractivity contribution in [3.8, 4) is 53.7 Å². The van der Waals surface area contributed by atoms with E-state index in [0.29, 0.717) is 24.2 Å². The summed E-state index contributed by atoms with van der Waals surface area (Å²) in [5, 5.41) is 76.5. The normalized spacial score (nSPS) is 18.6. The number of fused-ring (bicyclic) bond motifs is 10. The maximum absolute atomic E-state index is 9.69. The molecule has 684 valence electrons. The number of pyridine rings is 4. The first kappa shape index (κ1) is 88.0. The molecule has 0 spiro atoms. The fraction of sp³-hybridized carbons (Fsp3) is 0.301. The molecule has 0 bridgehead atoms. The molecule has 0 aliphatic heterocycles. The van der Waals surface area contributed by atoms with Crippen molar-refractivity contribution >= 4 is 160 Å². The summed E-state index contributed by atoms with van der Waals surface area (Å²) in [6.45, 7) is 15.0. The van der Waals surface area contributed by atoms with E-state index in [1.165, 1.54) is 94.2 Å². The minimum atomic E-state index is -0.149. The van der Waals surface area contributed by atoms with Crippen LogP contribution in [0.15, 0.2) is 214 Å². The summed E-state index contributed by atoms with van der Waals surface area (Å²) in [6.07, 6.45) is 40.1. The van der Waals surface area contributed by atoms with Crippen LogP contribution in [0.5, 0.6) is 0 Å². The van der Waals surface area contributed by atoms with Crippen molar-refractivity contribution in [2.24, 2.45) is 5.92 Å². The highest BCUT2D eigenvalue weighted by atomic mass is 32.1. The van der Waals surface area contributed by atoms with E-state index in [1.54, 1.807) is 45.3 Å². The third-order valence-electron chi connectivity index (χ3n) is 26.4. The van der Waals surface area contributed by atoms with E-state index >= 15 is 0 Å². The predicted molar refractivity (Wildman–Crippen MR) is 546 cm³/mol. The van der Waals surface area contributed by atoms with Gasteiger partial charge in [-0.25, -0.2) is 47.5 Å². The van der Waals surface area contributed by atoms with Crippen LogP contribution >= 0.6 is 45.3 Å². The van der Waals surface area contributed by atoms with Crippen LogP contribution in [0.25, 0.3) is 133 Å². The van der Waals surface area contributed by atoms with Gasteiger partial charge in [-0.05, 0) is 298 Å². The lowest BCUT2D eigenvalue weighted by Crippen LogP contribution is -2.28. The molecule has 0 unspecified atom stereocenters. The van der Waals surface area contributed by atoms with Gasteiger partial charge in [0, 0.05) is 121 Å². The number of para-hydroxylation sites is 1. The van der Waals surface area contributed by atoms with Crippen molar-refractivity contribution in [2.45, 2.75) is 194 Å². The van der Waals surface area contributed by atoms with Gasteiger partial charge in [0.15, 0.2) is 34.1 Å². The zero-order chi connectivity index (χ0) is 91.9. The monoisotopic (exact) mass is 1870 g/mol. The van der Waals surface area contributed by atoms with Gasteiger partial charge in [-0.3, -0.25) is 19.9 Å². The highest BCUT2D eigenvalue weighted by Gasteiger charge is 2.27. The molecule has 32 heteroatoms. The number of nitrogens with one attached hydrogen (secondary N) is 6. The molecule has 2 aromatic carbocycles. The molecular formula is C103H105N25O3S4. The van der Waals surface area contributed by atoms with Gasteiger partial charge >= 0.3 is 0 Å². The maximum Gasteiger partial charge on any atom is 0.154 e. The summed E-state index contributed by atoms with van der Waals surface area (Å²) >= 11 is 6.97. The standard InChI is InChI=1S/C21H23N5O.C21H23N5S.C21H17N5S.2C20H21N5OS/c1-13-3-2-4-14-11-17(24-21(13)14)18-12-22-20-10-9-19(25-26(18)20)23-15-5-7-16(27)8-6-15;1-13-3-5-16(6-4-13)24-19-7-8-20-23-12-17(26(20)25-19)18-9-15-11-22-10-14(2)21(15)27-18;1-13-3-4-16(9-14(13)2)24-20-5-6-21-23-11-17(26(21)25-20)18-10-15-7-8-22-12-19(15)27-18;2*1-12-9-21-10-13-8-17(27-20(12)13)16-11-22-19-7-6-18(24-25(16)19)23-14-2-4-15(26)5-3-14/h2-4,9-12,15-16,24,27H,5-8H2,1H3,(H,23,25);7-13,16H,3-6H2,1-2H3,(H,24,25);3-12H,1-2H3,(H,24,25);2*6-11,14-15,26H,2-5H2,1H3,(H,23,24). The topological polar surface area (TPSA) is 339 Å². The Morgan fingerprint density at radius 2 is 0.681 bits per heavy atom. The van der Waals surface area contributed by atoms with Crippen molar-refractivity contribution in [2.75, 3.05) is 26.6 Å². The first-order valence-electron chi connectivity index (χ1n) is 46.5. The van der Waals surface area contributed by atoms with Crippen molar-refractivity contribution in [1.29, 1.82) is 0 Å². The predicted octanol–water partition coefficient (Wildman–Crippen LogP) is 22.6. The van der Waals surface area contributed by atoms with Crippen LogP contribution in [0.1, 0.15) is 143 Å². The largest absolute Gasteiger partial charge is 0.393 e. The Bertz CT molecular complexity index is 7090. The van der Waals surface area contributed by atoms with Crippen molar-refractivity contribution in [1.82, 2.24) is 97.9 Å². The number of aliphatic hydroxyl groups excluding tert-OH is 3. The molecule has 4 aliphatic rings. The maximum atomic E-state index is 9.69. The van der Waals surface area contributed by atoms with Gasteiger partial charge in [0.05, 0.1) is 79.2 Å². The molecule has 4 saturated carbocycles. The Hall–Kier alpha value is -13.6. The van der Waals surface area contributed by atoms with Crippen molar-refractivity contribution in [3.63, 3.8) is 0 Å². The smallest absolute Gasteiger partial charge is 0.154 e. The second-order valence-corrected chi connectivity index (χ2v) is 40.6. The van der Waals surface area contributed by atoms with E-state index in [-0.39, 0.29) is 18.3 Å². The number of aromatic amines is 1. The van der Waals surface area contributed by atoms with Crippen LogP contribution in [-0.2, 0) is 0 Å². The van der Waals surface area contributed by atoms with E-state index in [0.717, 1.165) is 216 Å². The first-order chi connectivity index (χ1) is 65.8. The SMILES string of the molecule is Cc1ccc(Nc2ccc3ncc(-c4cc5ccncc5s4)n3n2)cc1C.Cc1cccc2cc(-c3cnc4ccc(NC5CCC(O)CC5)nn34)[nH]c12.Cc1cncc2cc(-c3cnc4ccc(NC5CCC(C)CC5)nn34)sc12.Cc1cncc2cc(-c3cnc4ccc(NC5CCC(O)CC5)nn34)sc12.Cc1cncc2cc(-c3cnc4ccc(NC5CCC(O)CC5)nn34)sc12. The third kappa shape index (κ3) is 19.2. The van der Waals surface area contributed by atoms with E-state index in [9.17, 15) is 15.3 Å². The molecule has 21 aromatic rings. The van der Waals surface area contributed by atoms with Gasteiger partial charge in [0.25, 0.3) is 0 Å². The number of H-pyrrole nitrogens is 1. The number of rotatable bonds is 15. The zero-order valence-corrected chi connectivity index (χ0v) is 79.4. The van der Waals surface area contributed by atoms with Crippen LogP contribution in [0.3, 0.4) is 0 Å². The summed E-state index contributed by atoms with van der Waals surface area (Å²) in [5.74, 6) is 5.11. The number of nitrogens with zero attached hydrogens (tertiary/aromatic N) is 19. The van der Waals surface area contributed by atoms with E-state index < -0.39 is 0 Å². The lowest BCUT2D eigenvalue weighted by molar-refractivity contribution is 0.125. The third-order valence-corrected chi connectivity index (χ3v) is 31.4. The summed E-state index contributed by atoms with van der Waals surface area (Å²) in [4.78, 5) is 47.8. The highest BCUT2D eigenvalue weighted by Crippen LogP contribution is 2.41. The average molecular weight is 1870 g/mol. The summed E-state index contributed by atoms with van der Waals surface area (Å²) in [7, 11) is 0. The molecule has 25 rings (SSSR count). The molecule has 135 heavy (non-hydrogen) atoms. The minimum absolute atomic E-state index is 0.148. The molecule has 0 saturated heterocycles. The van der Waals surface area contributed by atoms with E-state index in [2.05, 4.69) is 192 Å². The summed E-state index contributed by atoms with van der Waals surface area (Å²) in [6, 6.07) is 47.0. The fourth-order valence-corrected chi connectivity index (χ4v) is 22.9. The molecule has 28 nitrogen and oxygen atoms in total. The molecule has 0 radical (unpaired) electrons. The Morgan fingerprint density at radius 3 is 1.07 bits per heavy atom. The number of aryl methyl sites for hydroxylation is 6. The van der Waals surface area contributed by atoms with Crippen LogP contribution in [0.2, 0.25) is 0 Å². The average Bonchev–Trinajstić information content (AvgIpc) is 1.64. The molecule has 4 fully saturated rings. The number of thiophene rings is 4. The van der Waals surface area contributed by atoms with Crippen LogP contribution in [0.4, 0.5) is 34.8 Å². The van der Waals surface area contributed by atoms with Gasteiger partial charge in [-0.1, -0.05) is 31.2 Å². The van der Waals surface area contributed by atoms with Crippen molar-refractivity contribution in [3.05, 3.63) is 247 Å². The fourth-order valence-electron chi connectivity index (χ4n) is 18.6. The second kappa shape index (κ2) is 38.4. The zero-order valence-electron chi connectivity index (χ0n) is 76.1. The van der Waals surface area contributed by atoms with Gasteiger partial charge in [-0.2, -0.15) is 0 Å². The number of imidazole rings is 5. The molecular weight excluding hydrogens is 1760 g/mol. The second-order valence-electron chi connectivity index (χ2n) is 36.3. The highest BCUT2D eigenvalue weighted by molar-refractivity contribution is 7.23. The molecule has 19 heterocycles. The number of benzene rings is 2. The van der Waals surface area contributed by atoms with Crippen LogP contribution < -0.4 is 26.6 Å². The van der Waals surface area contributed by atoms with Crippen molar-refractivity contribution < 1.29 is 15.3 Å². The molecule has 19 aromatic heterocycles. The van der Waals surface area contributed by atoms with Gasteiger partial charge in [0.2, 0.25) is 0 Å². The Labute approximate surface area is 794 Å². The molecule has 4 aliphatic carbocycles. The Balaban J connectivity index is 0.000000101. The lowest BCUT2D eigenvalue weighted by atomic mass is 9.87. The van der Waals surface area contributed by atoms with Gasteiger partial charge in [0.1, 0.15) is 51.7 Å². The first-order valence-corrected chi connectivity index (χ1v) is 49.8. The van der Waals surface area contributed by atoms with E-state index in [4.69, 9.17) is 25.5 Å². The number of aromatic nitrogens is 20. The number of hydrogen-bond donors (Lipinski definition) is 9. The number of aliphatic hydroxyl groups is 3. The Kier molecular flexibility index (Phi) is 25.0. The number of hydrogen-bond acceptors (Lipinski definition) is 26.